The van der Waals surface area contributed by atoms with Crippen LogP contribution in [-0.2, 0) is 10.0 Å². The SMILES string of the molecule is COc1ccc(OC)c(S(=O)(=O)N(C)CCO)c1. The highest BCUT2D eigenvalue weighted by Crippen LogP contribution is 2.29. The van der Waals surface area contributed by atoms with Gasteiger partial charge in [-0.05, 0) is 12.1 Å². The summed E-state index contributed by atoms with van der Waals surface area (Å²) in [5.74, 6) is 0.660. The number of nitrogens with zero attached hydrogens (tertiary/aromatic N) is 1. The van der Waals surface area contributed by atoms with Gasteiger partial charge in [-0.25, -0.2) is 8.42 Å². The molecule has 0 saturated carbocycles. The Morgan fingerprint density at radius 2 is 1.94 bits per heavy atom. The number of rotatable bonds is 6. The maximum atomic E-state index is 12.2. The molecule has 102 valence electrons. The second kappa shape index (κ2) is 6.03. The van der Waals surface area contributed by atoms with Crippen LogP contribution in [0.1, 0.15) is 0 Å². The normalized spacial score (nSPS) is 11.6. The number of hydrogen-bond donors (Lipinski definition) is 1. The van der Waals surface area contributed by atoms with Gasteiger partial charge >= 0.3 is 0 Å². The number of aliphatic hydroxyl groups is 1. The minimum atomic E-state index is -3.71. The van der Waals surface area contributed by atoms with E-state index in [-0.39, 0.29) is 23.8 Å². The predicted molar refractivity (Wildman–Crippen MR) is 66.4 cm³/mol. The molecular weight excluding hydrogens is 258 g/mol. The second-order valence-corrected chi connectivity index (χ2v) is 5.58. The Morgan fingerprint density at radius 1 is 1.28 bits per heavy atom. The Bertz CT molecular complexity index is 500. The van der Waals surface area contributed by atoms with Gasteiger partial charge in [0.15, 0.2) is 0 Å². The van der Waals surface area contributed by atoms with Gasteiger partial charge in [-0.15, -0.1) is 0 Å². The fourth-order valence-electron chi connectivity index (χ4n) is 1.41. The van der Waals surface area contributed by atoms with Gasteiger partial charge in [-0.3, -0.25) is 0 Å². The first-order valence-corrected chi connectivity index (χ1v) is 6.70. The van der Waals surface area contributed by atoms with Crippen LogP contribution < -0.4 is 9.47 Å². The first kappa shape index (κ1) is 14.7. The van der Waals surface area contributed by atoms with Crippen molar-refractivity contribution in [1.29, 1.82) is 0 Å². The third-order valence-corrected chi connectivity index (χ3v) is 4.35. The van der Waals surface area contributed by atoms with Crippen LogP contribution in [0.5, 0.6) is 11.5 Å². The lowest BCUT2D eigenvalue weighted by atomic mass is 10.3. The van der Waals surface area contributed by atoms with Crippen molar-refractivity contribution in [2.24, 2.45) is 0 Å². The largest absolute Gasteiger partial charge is 0.497 e. The van der Waals surface area contributed by atoms with Crippen molar-refractivity contribution < 1.29 is 23.0 Å². The Morgan fingerprint density at radius 3 is 2.44 bits per heavy atom. The van der Waals surface area contributed by atoms with Crippen molar-refractivity contribution in [2.75, 3.05) is 34.4 Å². The van der Waals surface area contributed by atoms with Crippen LogP contribution in [0, 0.1) is 0 Å². The summed E-state index contributed by atoms with van der Waals surface area (Å²) in [5.41, 5.74) is 0. The zero-order valence-corrected chi connectivity index (χ0v) is 11.4. The molecule has 0 fully saturated rings. The maximum Gasteiger partial charge on any atom is 0.246 e. The molecule has 0 heterocycles. The summed E-state index contributed by atoms with van der Waals surface area (Å²) >= 11 is 0. The molecule has 6 nitrogen and oxygen atoms in total. The van der Waals surface area contributed by atoms with Gasteiger partial charge in [0.1, 0.15) is 16.4 Å². The lowest BCUT2D eigenvalue weighted by Gasteiger charge is -2.18. The van der Waals surface area contributed by atoms with Crippen LogP contribution in [0.2, 0.25) is 0 Å². The van der Waals surface area contributed by atoms with E-state index in [9.17, 15) is 8.42 Å². The molecular formula is C11H17NO5S. The van der Waals surface area contributed by atoms with E-state index in [2.05, 4.69) is 0 Å². The minimum absolute atomic E-state index is 0.0142. The van der Waals surface area contributed by atoms with Crippen LogP contribution in [0.3, 0.4) is 0 Å². The molecule has 1 aromatic carbocycles. The van der Waals surface area contributed by atoms with Crippen molar-refractivity contribution in [3.63, 3.8) is 0 Å². The van der Waals surface area contributed by atoms with E-state index in [0.717, 1.165) is 4.31 Å². The zero-order chi connectivity index (χ0) is 13.8. The summed E-state index contributed by atoms with van der Waals surface area (Å²) in [6.07, 6.45) is 0. The second-order valence-electron chi connectivity index (χ2n) is 3.57. The van der Waals surface area contributed by atoms with Crippen LogP contribution in [0.4, 0.5) is 0 Å². The molecule has 0 atom stereocenters. The van der Waals surface area contributed by atoms with Crippen LogP contribution in [0.25, 0.3) is 0 Å². The highest BCUT2D eigenvalue weighted by molar-refractivity contribution is 7.89. The minimum Gasteiger partial charge on any atom is -0.497 e. The summed E-state index contributed by atoms with van der Waals surface area (Å²) in [6, 6.07) is 4.53. The van der Waals surface area contributed by atoms with Crippen molar-refractivity contribution in [2.45, 2.75) is 4.90 Å². The van der Waals surface area contributed by atoms with E-state index >= 15 is 0 Å². The maximum absolute atomic E-state index is 12.2. The Labute approximate surface area is 107 Å². The number of hydrogen-bond acceptors (Lipinski definition) is 5. The van der Waals surface area contributed by atoms with E-state index in [0.29, 0.717) is 5.75 Å². The van der Waals surface area contributed by atoms with E-state index < -0.39 is 10.0 Å². The van der Waals surface area contributed by atoms with Gasteiger partial charge in [0.2, 0.25) is 10.0 Å². The van der Waals surface area contributed by atoms with Gasteiger partial charge in [0.25, 0.3) is 0 Å². The van der Waals surface area contributed by atoms with Crippen molar-refractivity contribution in [3.05, 3.63) is 18.2 Å². The topological polar surface area (TPSA) is 76.1 Å². The Kier molecular flexibility index (Phi) is 4.94. The molecule has 0 amide bonds. The van der Waals surface area contributed by atoms with Crippen molar-refractivity contribution in [3.8, 4) is 11.5 Å². The summed E-state index contributed by atoms with van der Waals surface area (Å²) in [5, 5.41) is 8.81. The zero-order valence-electron chi connectivity index (χ0n) is 10.6. The molecule has 1 N–H and O–H groups in total. The average molecular weight is 275 g/mol. The molecule has 18 heavy (non-hydrogen) atoms. The number of sulfonamides is 1. The van der Waals surface area contributed by atoms with E-state index in [1.54, 1.807) is 6.07 Å². The van der Waals surface area contributed by atoms with Crippen molar-refractivity contribution >= 4 is 10.0 Å². The van der Waals surface area contributed by atoms with E-state index in [4.69, 9.17) is 14.6 Å². The first-order chi connectivity index (χ1) is 8.47. The molecule has 0 aliphatic rings. The quantitative estimate of drug-likeness (QED) is 0.809. The molecule has 0 saturated heterocycles. The smallest absolute Gasteiger partial charge is 0.246 e. The molecule has 0 aromatic heterocycles. The average Bonchev–Trinajstić information content (AvgIpc) is 2.38. The van der Waals surface area contributed by atoms with Gasteiger partial charge in [-0.2, -0.15) is 4.31 Å². The highest BCUT2D eigenvalue weighted by Gasteiger charge is 2.25. The van der Waals surface area contributed by atoms with Gasteiger partial charge in [-0.1, -0.05) is 0 Å². The van der Waals surface area contributed by atoms with Gasteiger partial charge in [0.05, 0.1) is 20.8 Å². The Balaban J connectivity index is 3.29. The predicted octanol–water partition coefficient (Wildman–Crippen LogP) is 0.317. The number of benzene rings is 1. The van der Waals surface area contributed by atoms with Crippen LogP contribution in [-0.4, -0.2) is 52.2 Å². The molecule has 0 unspecified atom stereocenters. The van der Waals surface area contributed by atoms with E-state index in [1.807, 2.05) is 0 Å². The number of aliphatic hydroxyl groups excluding tert-OH is 1. The molecule has 0 spiro atoms. The number of ether oxygens (including phenoxy) is 2. The van der Waals surface area contributed by atoms with Crippen LogP contribution >= 0.6 is 0 Å². The van der Waals surface area contributed by atoms with Gasteiger partial charge in [0, 0.05) is 19.7 Å². The molecule has 0 radical (unpaired) electrons. The summed E-state index contributed by atoms with van der Waals surface area (Å²) in [7, 11) is 0.535. The Hall–Kier alpha value is -1.31. The molecule has 0 aliphatic carbocycles. The molecule has 1 aromatic rings. The number of methoxy groups -OCH3 is 2. The fourth-order valence-corrected chi connectivity index (χ4v) is 2.74. The standard InChI is InChI=1S/C11H17NO5S/c1-12(6-7-13)18(14,15)11-8-9(16-2)4-5-10(11)17-3/h4-5,8,13H,6-7H2,1-3H3. The first-order valence-electron chi connectivity index (χ1n) is 5.26. The molecule has 1 rings (SSSR count). The van der Waals surface area contributed by atoms with Crippen molar-refractivity contribution in [1.82, 2.24) is 4.31 Å². The molecule has 7 heteroatoms. The third-order valence-electron chi connectivity index (χ3n) is 2.47. The summed E-state index contributed by atoms with van der Waals surface area (Å²) < 4.78 is 35.6. The summed E-state index contributed by atoms with van der Waals surface area (Å²) in [6.45, 7) is -0.231. The van der Waals surface area contributed by atoms with Gasteiger partial charge < -0.3 is 14.6 Å². The summed E-state index contributed by atoms with van der Waals surface area (Å²) in [4.78, 5) is 0.0142. The molecule has 0 aliphatic heterocycles. The third kappa shape index (κ3) is 2.92. The lowest BCUT2D eigenvalue weighted by Crippen LogP contribution is -2.30. The lowest BCUT2D eigenvalue weighted by molar-refractivity contribution is 0.266. The highest BCUT2D eigenvalue weighted by atomic mass is 32.2. The monoisotopic (exact) mass is 275 g/mol. The number of likely N-dealkylation sites (N-methyl/N-ethyl adjacent to an activating group) is 1. The van der Waals surface area contributed by atoms with E-state index in [1.165, 1.54) is 33.4 Å². The van der Waals surface area contributed by atoms with Crippen LogP contribution in [0.15, 0.2) is 23.1 Å². The fraction of sp³-hybridized carbons (Fsp3) is 0.455. The molecule has 0 bridgehead atoms.